The summed E-state index contributed by atoms with van der Waals surface area (Å²) in [5, 5.41) is 8.96. The van der Waals surface area contributed by atoms with E-state index < -0.39 is 12.5 Å². The normalized spacial score (nSPS) is 12.5. The number of halogens is 2. The maximum absolute atomic E-state index is 12.0. The second-order valence-electron chi connectivity index (χ2n) is 2.55. The van der Waals surface area contributed by atoms with Gasteiger partial charge in [0.1, 0.15) is 6.10 Å². The molecule has 68 valence electrons. The average Bonchev–Trinajstić information content (AvgIpc) is 2.17. The fourth-order valence-corrected chi connectivity index (χ4v) is 0.922. The summed E-state index contributed by atoms with van der Waals surface area (Å²) >= 11 is 0. The van der Waals surface area contributed by atoms with Crippen LogP contribution in [0.3, 0.4) is 0 Å². The Kier molecular flexibility index (Phi) is 2.99. The summed E-state index contributed by atoms with van der Waals surface area (Å²) in [4.78, 5) is 0. The van der Waals surface area contributed by atoms with E-state index in [4.69, 9.17) is 11.5 Å². The molecule has 0 aromatic heterocycles. The molecule has 1 atom stereocenters. The minimum absolute atomic E-state index is 0.175. The van der Waals surface area contributed by atoms with Gasteiger partial charge in [-0.3, -0.25) is 0 Å². The van der Waals surface area contributed by atoms with Crippen LogP contribution in [-0.4, -0.2) is 11.5 Å². The third kappa shape index (κ3) is 2.27. The molecule has 1 N–H and O–H groups in total. The van der Waals surface area contributed by atoms with Crippen molar-refractivity contribution in [3.8, 4) is 12.3 Å². The second-order valence-corrected chi connectivity index (χ2v) is 2.55. The van der Waals surface area contributed by atoms with Gasteiger partial charge in [0.2, 0.25) is 0 Å². The zero-order valence-corrected chi connectivity index (χ0v) is 6.74. The van der Waals surface area contributed by atoms with Gasteiger partial charge in [-0.25, -0.2) is 8.78 Å². The van der Waals surface area contributed by atoms with E-state index in [0.717, 1.165) is 0 Å². The Hall–Kier alpha value is -1.40. The maximum Gasteiger partial charge on any atom is 0.268 e. The summed E-state index contributed by atoms with van der Waals surface area (Å²) in [6.45, 7) is 0. The van der Waals surface area contributed by atoms with Gasteiger partial charge < -0.3 is 5.11 Å². The highest BCUT2D eigenvalue weighted by atomic mass is 19.3. The lowest BCUT2D eigenvalue weighted by Crippen LogP contribution is -2.07. The molecule has 3 heteroatoms. The SMILES string of the molecule is C#Cc1ccc(C(O)C(F)F)cc1. The largest absolute Gasteiger partial charge is 0.382 e. The molecule has 0 saturated heterocycles. The van der Waals surface area contributed by atoms with Crippen molar-refractivity contribution in [1.29, 1.82) is 0 Å². The molecule has 0 fully saturated rings. The molecule has 0 aliphatic heterocycles. The Morgan fingerprint density at radius 1 is 1.23 bits per heavy atom. The van der Waals surface area contributed by atoms with E-state index in [9.17, 15) is 8.78 Å². The first-order valence-electron chi connectivity index (χ1n) is 3.68. The number of aliphatic hydroxyl groups excluding tert-OH is 1. The van der Waals surface area contributed by atoms with Crippen LogP contribution in [0.25, 0.3) is 0 Å². The Morgan fingerprint density at radius 3 is 2.15 bits per heavy atom. The van der Waals surface area contributed by atoms with Crippen molar-refractivity contribution in [1.82, 2.24) is 0 Å². The van der Waals surface area contributed by atoms with Crippen LogP contribution < -0.4 is 0 Å². The van der Waals surface area contributed by atoms with Gasteiger partial charge in [-0.2, -0.15) is 0 Å². The molecule has 0 aliphatic rings. The van der Waals surface area contributed by atoms with Gasteiger partial charge in [0.05, 0.1) is 0 Å². The third-order valence-electron chi connectivity index (χ3n) is 1.66. The minimum atomic E-state index is -2.77. The van der Waals surface area contributed by atoms with Crippen molar-refractivity contribution in [2.75, 3.05) is 0 Å². The molecule has 1 rings (SSSR count). The highest BCUT2D eigenvalue weighted by molar-refractivity contribution is 5.34. The van der Waals surface area contributed by atoms with Gasteiger partial charge in [0, 0.05) is 5.56 Å². The number of aliphatic hydroxyl groups is 1. The number of benzene rings is 1. The Labute approximate surface area is 75.0 Å². The van der Waals surface area contributed by atoms with Crippen molar-refractivity contribution < 1.29 is 13.9 Å². The zero-order chi connectivity index (χ0) is 9.84. The summed E-state index contributed by atoms with van der Waals surface area (Å²) in [5.74, 6) is 2.35. The quantitative estimate of drug-likeness (QED) is 0.693. The van der Waals surface area contributed by atoms with E-state index in [1.54, 1.807) is 0 Å². The van der Waals surface area contributed by atoms with E-state index >= 15 is 0 Å². The van der Waals surface area contributed by atoms with Crippen LogP contribution in [0.15, 0.2) is 24.3 Å². The standard InChI is InChI=1S/C10H8F2O/c1-2-7-3-5-8(6-4-7)9(13)10(11)12/h1,3-6,9-10,13H. The predicted molar refractivity (Wildman–Crippen MR) is 45.3 cm³/mol. The smallest absolute Gasteiger partial charge is 0.268 e. The Bertz CT molecular complexity index is 311. The number of rotatable bonds is 2. The van der Waals surface area contributed by atoms with E-state index in [0.29, 0.717) is 5.56 Å². The number of terminal acetylenes is 1. The molecule has 0 saturated carbocycles. The monoisotopic (exact) mass is 182 g/mol. The fourth-order valence-electron chi connectivity index (χ4n) is 0.922. The molecule has 1 aromatic carbocycles. The van der Waals surface area contributed by atoms with E-state index in [2.05, 4.69) is 5.92 Å². The van der Waals surface area contributed by atoms with Crippen LogP contribution in [-0.2, 0) is 0 Å². The van der Waals surface area contributed by atoms with Crippen LogP contribution in [0.5, 0.6) is 0 Å². The summed E-state index contributed by atoms with van der Waals surface area (Å²) in [7, 11) is 0. The first kappa shape index (κ1) is 9.69. The fraction of sp³-hybridized carbons (Fsp3) is 0.200. The van der Waals surface area contributed by atoms with Crippen LogP contribution in [0.1, 0.15) is 17.2 Å². The summed E-state index contributed by atoms with van der Waals surface area (Å²) in [5.41, 5.74) is 0.777. The van der Waals surface area contributed by atoms with Crippen molar-refractivity contribution >= 4 is 0 Å². The number of alkyl halides is 2. The summed E-state index contributed by atoms with van der Waals surface area (Å²) < 4.78 is 24.0. The molecule has 1 nitrogen and oxygen atoms in total. The molecule has 0 radical (unpaired) electrons. The van der Waals surface area contributed by atoms with Crippen molar-refractivity contribution in [3.05, 3.63) is 35.4 Å². The van der Waals surface area contributed by atoms with Crippen molar-refractivity contribution in [2.45, 2.75) is 12.5 Å². The molecule has 1 aromatic rings. The van der Waals surface area contributed by atoms with Gasteiger partial charge in [-0.1, -0.05) is 18.1 Å². The highest BCUT2D eigenvalue weighted by Gasteiger charge is 2.18. The van der Waals surface area contributed by atoms with Crippen LogP contribution in [0.4, 0.5) is 8.78 Å². The molecule has 13 heavy (non-hydrogen) atoms. The summed E-state index contributed by atoms with van der Waals surface area (Å²) in [6, 6.07) is 5.82. The lowest BCUT2D eigenvalue weighted by molar-refractivity contribution is -0.00578. The molecule has 0 heterocycles. The van der Waals surface area contributed by atoms with Gasteiger partial charge in [-0.15, -0.1) is 6.42 Å². The van der Waals surface area contributed by atoms with Gasteiger partial charge in [0.15, 0.2) is 0 Å². The number of hydrogen-bond donors (Lipinski definition) is 1. The molecule has 0 amide bonds. The molecule has 0 bridgehead atoms. The van der Waals surface area contributed by atoms with Crippen LogP contribution in [0.2, 0.25) is 0 Å². The van der Waals surface area contributed by atoms with Crippen molar-refractivity contribution in [3.63, 3.8) is 0 Å². The molecular formula is C10H8F2O. The first-order valence-corrected chi connectivity index (χ1v) is 3.68. The predicted octanol–water partition coefficient (Wildman–Crippen LogP) is 1.97. The average molecular weight is 182 g/mol. The molecular weight excluding hydrogens is 174 g/mol. The first-order chi connectivity index (χ1) is 6.15. The number of hydrogen-bond acceptors (Lipinski definition) is 1. The maximum atomic E-state index is 12.0. The zero-order valence-electron chi connectivity index (χ0n) is 6.74. The second kappa shape index (κ2) is 4.01. The van der Waals surface area contributed by atoms with Crippen LogP contribution >= 0.6 is 0 Å². The van der Waals surface area contributed by atoms with Gasteiger partial charge in [-0.05, 0) is 17.7 Å². The molecule has 0 aliphatic carbocycles. The van der Waals surface area contributed by atoms with Gasteiger partial charge in [0.25, 0.3) is 6.43 Å². The van der Waals surface area contributed by atoms with Gasteiger partial charge >= 0.3 is 0 Å². The Morgan fingerprint density at radius 2 is 1.77 bits per heavy atom. The topological polar surface area (TPSA) is 20.2 Å². The van der Waals surface area contributed by atoms with Crippen LogP contribution in [0, 0.1) is 12.3 Å². The summed E-state index contributed by atoms with van der Waals surface area (Å²) in [6.07, 6.45) is 0.578. The molecule has 1 unspecified atom stereocenters. The molecule has 0 spiro atoms. The highest BCUT2D eigenvalue weighted by Crippen LogP contribution is 2.20. The van der Waals surface area contributed by atoms with E-state index in [1.807, 2.05) is 0 Å². The minimum Gasteiger partial charge on any atom is -0.382 e. The lowest BCUT2D eigenvalue weighted by Gasteiger charge is -2.08. The third-order valence-corrected chi connectivity index (χ3v) is 1.66. The lowest BCUT2D eigenvalue weighted by atomic mass is 10.1. The Balaban J connectivity index is 2.87. The van der Waals surface area contributed by atoms with Crippen molar-refractivity contribution in [2.24, 2.45) is 0 Å². The van der Waals surface area contributed by atoms with E-state index in [1.165, 1.54) is 24.3 Å². The van der Waals surface area contributed by atoms with E-state index in [-0.39, 0.29) is 5.56 Å².